The summed E-state index contributed by atoms with van der Waals surface area (Å²) in [6.07, 6.45) is 4.20. The zero-order valence-corrected chi connectivity index (χ0v) is 18.8. The topological polar surface area (TPSA) is 78.1 Å². The molecule has 1 fully saturated rings. The van der Waals surface area contributed by atoms with Gasteiger partial charge in [-0.25, -0.2) is 4.98 Å². The third-order valence-electron chi connectivity index (χ3n) is 6.24. The van der Waals surface area contributed by atoms with Crippen molar-refractivity contribution in [3.8, 4) is 0 Å². The molecule has 0 saturated carbocycles. The van der Waals surface area contributed by atoms with E-state index in [1.54, 1.807) is 11.3 Å². The maximum absolute atomic E-state index is 13.4. The minimum Gasteiger partial charge on any atom is -0.361 e. The lowest BCUT2D eigenvalue weighted by Gasteiger charge is -2.33. The zero-order chi connectivity index (χ0) is 22.1. The van der Waals surface area contributed by atoms with E-state index in [9.17, 15) is 9.59 Å². The fraction of sp³-hybridized carbons (Fsp3) is 0.320. The highest BCUT2D eigenvalue weighted by atomic mass is 32.1. The molecule has 0 radical (unpaired) electrons. The lowest BCUT2D eigenvalue weighted by atomic mass is 9.96. The molecule has 1 aliphatic rings. The molecule has 7 heteroatoms. The Kier molecular flexibility index (Phi) is 5.66. The summed E-state index contributed by atoms with van der Waals surface area (Å²) in [5, 5.41) is 5.14. The van der Waals surface area contributed by atoms with Crippen LogP contribution in [-0.4, -0.2) is 45.8 Å². The molecular formula is C25H26N4O2S. The highest BCUT2D eigenvalue weighted by molar-refractivity contribution is 7.18. The lowest BCUT2D eigenvalue weighted by Crippen LogP contribution is -2.51. The molecule has 0 bridgehead atoms. The molecule has 2 aromatic carbocycles. The van der Waals surface area contributed by atoms with Gasteiger partial charge in [-0.3, -0.25) is 9.59 Å². The van der Waals surface area contributed by atoms with Crippen LogP contribution >= 0.6 is 11.3 Å². The Hall–Kier alpha value is -3.19. The molecular weight excluding hydrogens is 420 g/mol. The summed E-state index contributed by atoms with van der Waals surface area (Å²) in [7, 11) is 0. The number of likely N-dealkylation sites (tertiary alicyclic amines) is 1. The van der Waals surface area contributed by atoms with Crippen LogP contribution in [0.5, 0.6) is 0 Å². The molecule has 1 saturated heterocycles. The monoisotopic (exact) mass is 446 g/mol. The Balaban J connectivity index is 1.28. The maximum Gasteiger partial charge on any atom is 0.245 e. The van der Waals surface area contributed by atoms with Crippen molar-refractivity contribution >= 4 is 44.3 Å². The number of rotatable bonds is 5. The summed E-state index contributed by atoms with van der Waals surface area (Å²) in [4.78, 5) is 35.2. The summed E-state index contributed by atoms with van der Waals surface area (Å²) >= 11 is 1.76. The minimum atomic E-state index is -0.564. The van der Waals surface area contributed by atoms with Gasteiger partial charge in [0.2, 0.25) is 11.8 Å². The highest BCUT2D eigenvalue weighted by Gasteiger charge is 2.31. The average Bonchev–Trinajstić information content (AvgIpc) is 3.42. The summed E-state index contributed by atoms with van der Waals surface area (Å²) in [5.41, 5.74) is 3.13. The SMILES string of the molecule is CC(=O)N[C@@H](Cc1c[nH]c2ccccc12)C(=O)N1CCC(c2nc3ccccc3s2)CC1. The van der Waals surface area contributed by atoms with Gasteiger partial charge in [-0.1, -0.05) is 30.3 Å². The molecule has 2 aromatic heterocycles. The van der Waals surface area contributed by atoms with Crippen molar-refractivity contribution in [2.24, 2.45) is 0 Å². The number of carbonyl (C=O) groups is 2. The number of nitrogens with one attached hydrogen (secondary N) is 2. The highest BCUT2D eigenvalue weighted by Crippen LogP contribution is 2.34. The lowest BCUT2D eigenvalue weighted by molar-refractivity contribution is -0.137. The molecule has 1 atom stereocenters. The fourth-order valence-corrected chi connectivity index (χ4v) is 5.73. The molecule has 6 nitrogen and oxygen atoms in total. The van der Waals surface area contributed by atoms with Crippen molar-refractivity contribution in [3.05, 3.63) is 65.3 Å². The molecule has 0 aliphatic carbocycles. The Morgan fingerprint density at radius 2 is 1.91 bits per heavy atom. The van der Waals surface area contributed by atoms with Gasteiger partial charge in [-0.2, -0.15) is 0 Å². The number of piperidine rings is 1. The Morgan fingerprint density at radius 3 is 2.69 bits per heavy atom. The van der Waals surface area contributed by atoms with Crippen LogP contribution < -0.4 is 5.32 Å². The van der Waals surface area contributed by atoms with Gasteiger partial charge in [0.15, 0.2) is 0 Å². The molecule has 164 valence electrons. The summed E-state index contributed by atoms with van der Waals surface area (Å²) in [6, 6.07) is 15.7. The molecule has 0 unspecified atom stereocenters. The van der Waals surface area contributed by atoms with Crippen molar-refractivity contribution in [1.29, 1.82) is 0 Å². The van der Waals surface area contributed by atoms with Gasteiger partial charge in [0.1, 0.15) is 6.04 Å². The van der Waals surface area contributed by atoms with E-state index >= 15 is 0 Å². The van der Waals surface area contributed by atoms with Gasteiger partial charge in [-0.05, 0) is 36.6 Å². The van der Waals surface area contributed by atoms with Crippen LogP contribution in [0.1, 0.15) is 36.3 Å². The fourth-order valence-electron chi connectivity index (χ4n) is 4.60. The minimum absolute atomic E-state index is 0.00627. The number of para-hydroxylation sites is 2. The van der Waals surface area contributed by atoms with Crippen molar-refractivity contribution in [2.75, 3.05) is 13.1 Å². The smallest absolute Gasteiger partial charge is 0.245 e. The first-order chi connectivity index (χ1) is 15.6. The molecule has 0 spiro atoms. The second-order valence-corrected chi connectivity index (χ2v) is 9.50. The second-order valence-electron chi connectivity index (χ2n) is 8.44. The number of nitrogens with zero attached hydrogens (tertiary/aromatic N) is 2. The number of fused-ring (bicyclic) bond motifs is 2. The number of hydrogen-bond donors (Lipinski definition) is 2. The largest absolute Gasteiger partial charge is 0.361 e. The quantitative estimate of drug-likeness (QED) is 0.482. The number of thiazole rings is 1. The van der Waals surface area contributed by atoms with E-state index in [-0.39, 0.29) is 11.8 Å². The van der Waals surface area contributed by atoms with Crippen LogP contribution in [0.2, 0.25) is 0 Å². The number of hydrogen-bond acceptors (Lipinski definition) is 4. The number of aromatic nitrogens is 2. The summed E-state index contributed by atoms with van der Waals surface area (Å²) in [5.74, 6) is 0.185. The third-order valence-corrected chi connectivity index (χ3v) is 7.44. The molecule has 32 heavy (non-hydrogen) atoms. The van der Waals surface area contributed by atoms with Gasteiger partial charge < -0.3 is 15.2 Å². The maximum atomic E-state index is 13.4. The van der Waals surface area contributed by atoms with Crippen molar-refractivity contribution in [2.45, 2.75) is 38.1 Å². The van der Waals surface area contributed by atoms with E-state index in [0.717, 1.165) is 39.8 Å². The number of H-pyrrole nitrogens is 1. The van der Waals surface area contributed by atoms with E-state index in [0.29, 0.717) is 25.4 Å². The summed E-state index contributed by atoms with van der Waals surface area (Å²) < 4.78 is 1.21. The van der Waals surface area contributed by atoms with Gasteiger partial charge in [0.05, 0.1) is 15.2 Å². The predicted molar refractivity (Wildman–Crippen MR) is 128 cm³/mol. The summed E-state index contributed by atoms with van der Waals surface area (Å²) in [6.45, 7) is 2.83. The number of carbonyl (C=O) groups excluding carboxylic acids is 2. The first-order valence-electron chi connectivity index (χ1n) is 11.0. The molecule has 2 amide bonds. The molecule has 4 aromatic rings. The van der Waals surface area contributed by atoms with Gasteiger partial charge in [-0.15, -0.1) is 11.3 Å². The number of aromatic amines is 1. The normalized spacial score (nSPS) is 15.8. The van der Waals surface area contributed by atoms with E-state index in [1.165, 1.54) is 11.6 Å². The first kappa shape index (κ1) is 20.7. The van der Waals surface area contributed by atoms with Gasteiger partial charge in [0, 0.05) is 49.5 Å². The van der Waals surface area contributed by atoms with Crippen molar-refractivity contribution in [1.82, 2.24) is 20.2 Å². The van der Waals surface area contributed by atoms with Crippen LogP contribution in [-0.2, 0) is 16.0 Å². The number of benzene rings is 2. The van der Waals surface area contributed by atoms with Gasteiger partial charge >= 0.3 is 0 Å². The second kappa shape index (κ2) is 8.74. The molecule has 5 rings (SSSR count). The zero-order valence-electron chi connectivity index (χ0n) is 18.0. The standard InChI is InChI=1S/C25H26N4O2S/c1-16(30)27-22(14-18-15-26-20-7-3-2-6-19(18)20)25(31)29-12-10-17(11-13-29)24-28-21-8-4-5-9-23(21)32-24/h2-9,15,17,22,26H,10-14H2,1H3,(H,27,30)/t22-/m0/s1. The third kappa shape index (κ3) is 4.12. The van der Waals surface area contributed by atoms with Crippen LogP contribution in [0.15, 0.2) is 54.7 Å². The van der Waals surface area contributed by atoms with E-state index in [4.69, 9.17) is 4.98 Å². The Bertz CT molecular complexity index is 1240. The van der Waals surface area contributed by atoms with Crippen LogP contribution in [0.4, 0.5) is 0 Å². The molecule has 1 aliphatic heterocycles. The Labute approximate surface area is 190 Å². The number of amides is 2. The van der Waals surface area contributed by atoms with E-state index in [2.05, 4.69) is 22.4 Å². The van der Waals surface area contributed by atoms with Crippen molar-refractivity contribution in [3.63, 3.8) is 0 Å². The van der Waals surface area contributed by atoms with Crippen LogP contribution in [0.3, 0.4) is 0 Å². The van der Waals surface area contributed by atoms with E-state index < -0.39 is 6.04 Å². The van der Waals surface area contributed by atoms with Crippen molar-refractivity contribution < 1.29 is 9.59 Å². The average molecular weight is 447 g/mol. The van der Waals surface area contributed by atoms with Crippen LogP contribution in [0, 0.1) is 0 Å². The Morgan fingerprint density at radius 1 is 1.16 bits per heavy atom. The predicted octanol–water partition coefficient (Wildman–Crippen LogP) is 4.23. The first-order valence-corrected chi connectivity index (χ1v) is 11.9. The van der Waals surface area contributed by atoms with Gasteiger partial charge in [0.25, 0.3) is 0 Å². The van der Waals surface area contributed by atoms with E-state index in [1.807, 2.05) is 47.5 Å². The molecule has 2 N–H and O–H groups in total. The molecule has 3 heterocycles. The van der Waals surface area contributed by atoms with Crippen LogP contribution in [0.25, 0.3) is 21.1 Å².